The Hall–Kier alpha value is -1.26. The van der Waals surface area contributed by atoms with Gasteiger partial charge in [-0.05, 0) is 42.5 Å². The topological polar surface area (TPSA) is 55.6 Å². The lowest BCUT2D eigenvalue weighted by Crippen LogP contribution is -2.36. The molecule has 4 nitrogen and oxygen atoms in total. The van der Waals surface area contributed by atoms with Crippen LogP contribution in [0.2, 0.25) is 0 Å². The second-order valence-electron chi connectivity index (χ2n) is 5.87. The number of benzene rings is 1. The van der Waals surface area contributed by atoms with E-state index < -0.39 is 0 Å². The molecule has 0 saturated carbocycles. The maximum atomic E-state index is 12.1. The summed E-state index contributed by atoms with van der Waals surface area (Å²) >= 11 is 0. The molecule has 0 aromatic heterocycles. The van der Waals surface area contributed by atoms with Crippen LogP contribution in [0.15, 0.2) is 24.3 Å². The van der Waals surface area contributed by atoms with Crippen LogP contribution in [0, 0.1) is 5.41 Å². The first-order chi connectivity index (χ1) is 9.56. The van der Waals surface area contributed by atoms with Crippen molar-refractivity contribution in [2.24, 2.45) is 11.1 Å². The van der Waals surface area contributed by atoms with Crippen LogP contribution in [0.3, 0.4) is 0 Å². The first-order valence-corrected chi connectivity index (χ1v) is 7.26. The van der Waals surface area contributed by atoms with Gasteiger partial charge in [0.1, 0.15) is 5.75 Å². The number of carbonyl (C=O) groups excluding carboxylic acids is 1. The van der Waals surface area contributed by atoms with E-state index in [4.69, 9.17) is 10.5 Å². The molecular weight excluding hydrogens is 288 g/mol. The molecule has 0 spiro atoms. The molecular formula is C16H25ClN2O2. The van der Waals surface area contributed by atoms with Crippen molar-refractivity contribution in [3.63, 3.8) is 0 Å². The summed E-state index contributed by atoms with van der Waals surface area (Å²) in [7, 11) is 0. The average molecular weight is 313 g/mol. The Morgan fingerprint density at radius 1 is 1.38 bits per heavy atom. The molecule has 1 fully saturated rings. The number of hydrogen-bond donors (Lipinski definition) is 1. The number of hydrogen-bond acceptors (Lipinski definition) is 3. The van der Waals surface area contributed by atoms with Crippen LogP contribution in [-0.4, -0.2) is 37.0 Å². The second-order valence-corrected chi connectivity index (χ2v) is 5.87. The van der Waals surface area contributed by atoms with Crippen molar-refractivity contribution in [1.82, 2.24) is 4.90 Å². The summed E-state index contributed by atoms with van der Waals surface area (Å²) in [5, 5.41) is 0. The average Bonchev–Trinajstić information content (AvgIpc) is 2.89. The van der Waals surface area contributed by atoms with Crippen molar-refractivity contribution in [2.45, 2.75) is 26.7 Å². The summed E-state index contributed by atoms with van der Waals surface area (Å²) in [6.45, 7) is 6.49. The maximum Gasteiger partial charge on any atom is 0.260 e. The van der Waals surface area contributed by atoms with Crippen LogP contribution in [0.5, 0.6) is 5.75 Å². The minimum Gasteiger partial charge on any atom is -0.484 e. The van der Waals surface area contributed by atoms with E-state index in [2.05, 4.69) is 13.8 Å². The number of halogens is 1. The molecule has 2 rings (SSSR count). The number of amides is 1. The summed E-state index contributed by atoms with van der Waals surface area (Å²) in [6.07, 6.45) is 1.98. The van der Waals surface area contributed by atoms with Crippen molar-refractivity contribution in [3.8, 4) is 5.75 Å². The highest BCUT2D eigenvalue weighted by atomic mass is 35.5. The van der Waals surface area contributed by atoms with Crippen LogP contribution in [-0.2, 0) is 11.2 Å². The standard InChI is InChI=1S/C16H24N2O2.ClH/c1-3-13-4-6-14(7-5-13)20-10-15(19)18-9-8-16(2,11-17)12-18;/h4-7H,3,8-12,17H2,1-2H3;1H. The van der Waals surface area contributed by atoms with Gasteiger partial charge in [0.2, 0.25) is 0 Å². The van der Waals surface area contributed by atoms with E-state index in [1.165, 1.54) is 5.56 Å². The van der Waals surface area contributed by atoms with E-state index in [0.717, 1.165) is 31.7 Å². The van der Waals surface area contributed by atoms with E-state index in [1.807, 2.05) is 29.2 Å². The number of aryl methyl sites for hydroxylation is 1. The van der Waals surface area contributed by atoms with E-state index >= 15 is 0 Å². The highest BCUT2D eigenvalue weighted by Crippen LogP contribution is 2.28. The molecule has 1 unspecified atom stereocenters. The molecule has 1 heterocycles. The lowest BCUT2D eigenvalue weighted by Gasteiger charge is -2.22. The summed E-state index contributed by atoms with van der Waals surface area (Å²) in [5.74, 6) is 0.790. The molecule has 1 aromatic carbocycles. The van der Waals surface area contributed by atoms with Gasteiger partial charge >= 0.3 is 0 Å². The van der Waals surface area contributed by atoms with Crippen molar-refractivity contribution < 1.29 is 9.53 Å². The maximum absolute atomic E-state index is 12.1. The molecule has 0 radical (unpaired) electrons. The van der Waals surface area contributed by atoms with Gasteiger partial charge < -0.3 is 15.4 Å². The van der Waals surface area contributed by atoms with Crippen molar-refractivity contribution >= 4 is 18.3 Å². The van der Waals surface area contributed by atoms with Crippen LogP contribution in [0.4, 0.5) is 0 Å². The Balaban J connectivity index is 0.00000220. The molecule has 0 aliphatic carbocycles. The van der Waals surface area contributed by atoms with E-state index in [9.17, 15) is 4.79 Å². The zero-order valence-electron chi connectivity index (χ0n) is 12.8. The summed E-state index contributed by atoms with van der Waals surface area (Å²) in [6, 6.07) is 7.89. The normalized spacial score (nSPS) is 21.0. The van der Waals surface area contributed by atoms with Crippen molar-refractivity contribution in [3.05, 3.63) is 29.8 Å². The van der Waals surface area contributed by atoms with Crippen LogP contribution >= 0.6 is 12.4 Å². The number of nitrogens with two attached hydrogens (primary N) is 1. The molecule has 1 amide bonds. The molecule has 0 bridgehead atoms. The van der Waals surface area contributed by atoms with Gasteiger partial charge in [-0.25, -0.2) is 0 Å². The monoisotopic (exact) mass is 312 g/mol. The predicted molar refractivity (Wildman–Crippen MR) is 86.9 cm³/mol. The molecule has 2 N–H and O–H groups in total. The van der Waals surface area contributed by atoms with Gasteiger partial charge in [-0.2, -0.15) is 0 Å². The van der Waals surface area contributed by atoms with Crippen LogP contribution in [0.25, 0.3) is 0 Å². The molecule has 1 aliphatic rings. The predicted octanol–water partition coefficient (Wildman–Crippen LogP) is 2.25. The van der Waals surface area contributed by atoms with Crippen molar-refractivity contribution in [1.29, 1.82) is 0 Å². The van der Waals surface area contributed by atoms with Gasteiger partial charge in [0.05, 0.1) is 0 Å². The fourth-order valence-electron chi connectivity index (χ4n) is 2.46. The Labute approximate surface area is 133 Å². The Kier molecular flexibility index (Phi) is 6.49. The first kappa shape index (κ1) is 17.8. The Bertz CT molecular complexity index is 464. The molecule has 1 atom stereocenters. The van der Waals surface area contributed by atoms with E-state index in [1.54, 1.807) is 0 Å². The smallest absolute Gasteiger partial charge is 0.260 e. The Morgan fingerprint density at radius 2 is 2.05 bits per heavy atom. The zero-order valence-corrected chi connectivity index (χ0v) is 13.6. The molecule has 5 heteroatoms. The van der Waals surface area contributed by atoms with Gasteiger partial charge in [-0.15, -0.1) is 12.4 Å². The number of carbonyl (C=O) groups is 1. The van der Waals surface area contributed by atoms with Crippen LogP contribution in [0.1, 0.15) is 25.8 Å². The minimum absolute atomic E-state index is 0. The van der Waals surface area contributed by atoms with Gasteiger partial charge in [-0.1, -0.05) is 26.0 Å². The third kappa shape index (κ3) is 4.61. The molecule has 1 aromatic rings. The number of rotatable bonds is 5. The fourth-order valence-corrected chi connectivity index (χ4v) is 2.46. The largest absolute Gasteiger partial charge is 0.484 e. The second kappa shape index (κ2) is 7.66. The number of ether oxygens (including phenoxy) is 1. The molecule has 118 valence electrons. The van der Waals surface area contributed by atoms with Crippen molar-refractivity contribution in [2.75, 3.05) is 26.2 Å². The quantitative estimate of drug-likeness (QED) is 0.907. The summed E-state index contributed by atoms with van der Waals surface area (Å²) < 4.78 is 5.56. The minimum atomic E-state index is 0. The lowest BCUT2D eigenvalue weighted by molar-refractivity contribution is -0.132. The molecule has 1 aliphatic heterocycles. The van der Waals surface area contributed by atoms with Gasteiger partial charge in [-0.3, -0.25) is 4.79 Å². The highest BCUT2D eigenvalue weighted by Gasteiger charge is 2.34. The van der Waals surface area contributed by atoms with E-state index in [-0.39, 0.29) is 30.3 Å². The number of likely N-dealkylation sites (tertiary alicyclic amines) is 1. The molecule has 1 saturated heterocycles. The third-order valence-electron chi connectivity index (χ3n) is 4.10. The summed E-state index contributed by atoms with van der Waals surface area (Å²) in [4.78, 5) is 14.0. The van der Waals surface area contributed by atoms with Crippen LogP contribution < -0.4 is 10.5 Å². The Morgan fingerprint density at radius 3 is 2.57 bits per heavy atom. The molecule has 21 heavy (non-hydrogen) atoms. The van der Waals surface area contributed by atoms with Gasteiger partial charge in [0, 0.05) is 13.1 Å². The SMILES string of the molecule is CCc1ccc(OCC(=O)N2CCC(C)(CN)C2)cc1.Cl. The lowest BCUT2D eigenvalue weighted by atomic mass is 9.90. The van der Waals surface area contributed by atoms with Gasteiger partial charge in [0.25, 0.3) is 5.91 Å². The highest BCUT2D eigenvalue weighted by molar-refractivity contribution is 5.85. The fraction of sp³-hybridized carbons (Fsp3) is 0.562. The zero-order chi connectivity index (χ0) is 14.6. The summed E-state index contributed by atoms with van der Waals surface area (Å²) in [5.41, 5.74) is 7.09. The third-order valence-corrected chi connectivity index (χ3v) is 4.10. The van der Waals surface area contributed by atoms with Gasteiger partial charge in [0.15, 0.2) is 6.61 Å². The first-order valence-electron chi connectivity index (χ1n) is 7.26. The van der Waals surface area contributed by atoms with E-state index in [0.29, 0.717) is 6.54 Å². The number of nitrogens with zero attached hydrogens (tertiary/aromatic N) is 1.